The van der Waals surface area contributed by atoms with Gasteiger partial charge in [0.2, 0.25) is 15.9 Å². The van der Waals surface area contributed by atoms with Gasteiger partial charge in [-0.15, -0.1) is 0 Å². The van der Waals surface area contributed by atoms with Crippen molar-refractivity contribution in [3.8, 4) is 0 Å². The number of carbonyl (C=O) groups excluding carboxylic acids is 1. The Hall–Kier alpha value is -1.61. The van der Waals surface area contributed by atoms with E-state index in [1.54, 1.807) is 12.1 Å². The molecule has 140 valence electrons. The average molecular weight is 486 g/mol. The molecule has 2 rings (SSSR count). The van der Waals surface area contributed by atoms with E-state index in [0.717, 1.165) is 31.7 Å². The second kappa shape index (κ2) is 8.85. The maximum absolute atomic E-state index is 12.5. The van der Waals surface area contributed by atoms with Gasteiger partial charge in [-0.1, -0.05) is 36.8 Å². The molecule has 0 saturated carbocycles. The molecule has 0 aromatic heterocycles. The molecule has 2 aromatic carbocycles. The predicted octanol–water partition coefficient (Wildman–Crippen LogP) is 3.63. The Morgan fingerprint density at radius 1 is 1.12 bits per heavy atom. The van der Waals surface area contributed by atoms with Crippen molar-refractivity contribution in [1.29, 1.82) is 0 Å². The van der Waals surface area contributed by atoms with E-state index in [0.29, 0.717) is 5.69 Å². The van der Waals surface area contributed by atoms with Gasteiger partial charge < -0.3 is 5.32 Å². The second-order valence-electron chi connectivity index (χ2n) is 6.19. The first kappa shape index (κ1) is 20.7. The molecule has 0 saturated heterocycles. The lowest BCUT2D eigenvalue weighted by molar-refractivity contribution is -0.120. The highest BCUT2D eigenvalue weighted by atomic mass is 127. The van der Waals surface area contributed by atoms with Crippen molar-refractivity contribution in [2.45, 2.75) is 26.3 Å². The highest BCUT2D eigenvalue weighted by molar-refractivity contribution is 14.1. The Balaban J connectivity index is 2.16. The number of hydrogen-bond acceptors (Lipinski definition) is 3. The number of aryl methyl sites for hydroxylation is 1. The zero-order valence-corrected chi connectivity index (χ0v) is 18.0. The molecule has 0 aliphatic heterocycles. The van der Waals surface area contributed by atoms with Gasteiger partial charge in [-0.05, 0) is 65.8 Å². The molecular formula is C19H23IN2O3S. The number of rotatable bonds is 7. The first-order chi connectivity index (χ1) is 12.2. The first-order valence-corrected chi connectivity index (χ1v) is 11.2. The molecule has 0 fully saturated rings. The molecule has 2 aromatic rings. The number of halogens is 1. The summed E-state index contributed by atoms with van der Waals surface area (Å²) in [7, 11) is -3.57. The number of sulfonamides is 1. The van der Waals surface area contributed by atoms with Crippen LogP contribution in [0.2, 0.25) is 0 Å². The van der Waals surface area contributed by atoms with Gasteiger partial charge in [0.1, 0.15) is 6.54 Å². The molecular weight excluding hydrogens is 463 g/mol. The van der Waals surface area contributed by atoms with Crippen LogP contribution in [0.15, 0.2) is 48.5 Å². The number of amides is 1. The van der Waals surface area contributed by atoms with Crippen molar-refractivity contribution in [3.63, 3.8) is 0 Å². The monoisotopic (exact) mass is 486 g/mol. The van der Waals surface area contributed by atoms with Gasteiger partial charge in [-0.2, -0.15) is 0 Å². The summed E-state index contributed by atoms with van der Waals surface area (Å²) in [6, 6.07) is 14.8. The number of carbonyl (C=O) groups is 1. The normalized spacial score (nSPS) is 12.5. The molecule has 0 aliphatic carbocycles. The molecule has 0 bridgehead atoms. The highest BCUT2D eigenvalue weighted by Crippen LogP contribution is 2.20. The van der Waals surface area contributed by atoms with Gasteiger partial charge >= 0.3 is 0 Å². The SMILES string of the molecule is CC[C@H](NC(=O)CN(c1ccc(I)cc1)S(C)(=O)=O)c1ccc(C)cc1. The fraction of sp³-hybridized carbons (Fsp3) is 0.316. The van der Waals surface area contributed by atoms with Gasteiger partial charge in [0.15, 0.2) is 0 Å². The van der Waals surface area contributed by atoms with E-state index in [1.165, 1.54) is 0 Å². The molecule has 7 heteroatoms. The number of anilines is 1. The van der Waals surface area contributed by atoms with E-state index in [1.807, 2.05) is 50.2 Å². The molecule has 0 radical (unpaired) electrons. The van der Waals surface area contributed by atoms with Gasteiger partial charge in [0.05, 0.1) is 18.0 Å². The van der Waals surface area contributed by atoms with Crippen LogP contribution < -0.4 is 9.62 Å². The molecule has 1 atom stereocenters. The number of nitrogens with zero attached hydrogens (tertiary/aromatic N) is 1. The maximum atomic E-state index is 12.5. The van der Waals surface area contributed by atoms with Crippen LogP contribution in [0.3, 0.4) is 0 Å². The lowest BCUT2D eigenvalue weighted by atomic mass is 10.0. The average Bonchev–Trinajstić information content (AvgIpc) is 2.58. The van der Waals surface area contributed by atoms with Crippen LogP contribution in [-0.4, -0.2) is 27.1 Å². The lowest BCUT2D eigenvalue weighted by Crippen LogP contribution is -2.41. The van der Waals surface area contributed by atoms with Gasteiger partial charge in [0.25, 0.3) is 0 Å². The summed E-state index contributed by atoms with van der Waals surface area (Å²) in [6.45, 7) is 3.74. The van der Waals surface area contributed by atoms with E-state index in [-0.39, 0.29) is 18.5 Å². The minimum atomic E-state index is -3.57. The maximum Gasteiger partial charge on any atom is 0.241 e. The van der Waals surface area contributed by atoms with E-state index < -0.39 is 10.0 Å². The minimum absolute atomic E-state index is 0.152. The second-order valence-corrected chi connectivity index (χ2v) is 9.34. The Morgan fingerprint density at radius 3 is 2.19 bits per heavy atom. The number of nitrogens with one attached hydrogen (secondary N) is 1. The molecule has 5 nitrogen and oxygen atoms in total. The lowest BCUT2D eigenvalue weighted by Gasteiger charge is -2.24. The van der Waals surface area contributed by atoms with Crippen molar-refractivity contribution in [2.75, 3.05) is 17.1 Å². The molecule has 0 unspecified atom stereocenters. The van der Waals surface area contributed by atoms with E-state index >= 15 is 0 Å². The third kappa shape index (κ3) is 5.70. The molecule has 1 amide bonds. The highest BCUT2D eigenvalue weighted by Gasteiger charge is 2.22. The standard InChI is InChI=1S/C19H23IN2O3S/c1-4-18(15-7-5-14(2)6-8-15)21-19(23)13-22(26(3,24)25)17-11-9-16(20)10-12-17/h5-12,18H,4,13H2,1-3H3,(H,21,23)/t18-/m0/s1. The molecule has 26 heavy (non-hydrogen) atoms. The topological polar surface area (TPSA) is 66.5 Å². The minimum Gasteiger partial charge on any atom is -0.348 e. The quantitative estimate of drug-likeness (QED) is 0.608. The fourth-order valence-electron chi connectivity index (χ4n) is 2.60. The number of benzene rings is 2. The molecule has 0 spiro atoms. The molecule has 0 heterocycles. The van der Waals surface area contributed by atoms with Crippen LogP contribution in [0.4, 0.5) is 5.69 Å². The summed E-state index contributed by atoms with van der Waals surface area (Å²) in [5.74, 6) is -0.332. The van der Waals surface area contributed by atoms with E-state index in [9.17, 15) is 13.2 Å². The summed E-state index contributed by atoms with van der Waals surface area (Å²) in [4.78, 5) is 12.5. The van der Waals surface area contributed by atoms with Crippen LogP contribution in [-0.2, 0) is 14.8 Å². The van der Waals surface area contributed by atoms with E-state index in [2.05, 4.69) is 27.9 Å². The van der Waals surface area contributed by atoms with E-state index in [4.69, 9.17) is 0 Å². The first-order valence-electron chi connectivity index (χ1n) is 8.30. The van der Waals surface area contributed by atoms with Gasteiger partial charge in [-0.3, -0.25) is 9.10 Å². The van der Waals surface area contributed by atoms with Crippen LogP contribution >= 0.6 is 22.6 Å². The Labute approximate surface area is 169 Å². The third-order valence-corrected chi connectivity index (χ3v) is 5.89. The summed E-state index contributed by atoms with van der Waals surface area (Å²) < 4.78 is 26.4. The summed E-state index contributed by atoms with van der Waals surface area (Å²) >= 11 is 2.15. The largest absolute Gasteiger partial charge is 0.348 e. The van der Waals surface area contributed by atoms with Gasteiger partial charge in [0, 0.05) is 3.57 Å². The Kier molecular flexibility index (Phi) is 7.05. The smallest absolute Gasteiger partial charge is 0.241 e. The Bertz CT molecular complexity index is 849. The predicted molar refractivity (Wildman–Crippen MR) is 114 cm³/mol. The van der Waals surface area contributed by atoms with Crippen LogP contribution in [0.5, 0.6) is 0 Å². The zero-order valence-electron chi connectivity index (χ0n) is 15.1. The van der Waals surface area contributed by atoms with Crippen molar-refractivity contribution in [1.82, 2.24) is 5.32 Å². The Morgan fingerprint density at radius 2 is 1.69 bits per heavy atom. The van der Waals surface area contributed by atoms with Crippen molar-refractivity contribution < 1.29 is 13.2 Å². The fourth-order valence-corrected chi connectivity index (χ4v) is 3.81. The van der Waals surface area contributed by atoms with Crippen LogP contribution in [0.25, 0.3) is 0 Å². The van der Waals surface area contributed by atoms with Gasteiger partial charge in [-0.25, -0.2) is 8.42 Å². The zero-order chi connectivity index (χ0) is 19.3. The van der Waals surface area contributed by atoms with Crippen LogP contribution in [0.1, 0.15) is 30.5 Å². The number of hydrogen-bond donors (Lipinski definition) is 1. The van der Waals surface area contributed by atoms with Crippen molar-refractivity contribution >= 4 is 44.2 Å². The summed E-state index contributed by atoms with van der Waals surface area (Å²) in [5.41, 5.74) is 2.63. The van der Waals surface area contributed by atoms with Crippen LogP contribution in [0, 0.1) is 10.5 Å². The summed E-state index contributed by atoms with van der Waals surface area (Å²) in [5, 5.41) is 2.94. The molecule has 1 N–H and O–H groups in total. The van der Waals surface area contributed by atoms with Crippen molar-refractivity contribution in [3.05, 3.63) is 63.2 Å². The van der Waals surface area contributed by atoms with Crippen molar-refractivity contribution in [2.24, 2.45) is 0 Å². The molecule has 0 aliphatic rings. The third-order valence-electron chi connectivity index (χ3n) is 4.03. The summed E-state index contributed by atoms with van der Waals surface area (Å²) in [6.07, 6.45) is 1.83.